The summed E-state index contributed by atoms with van der Waals surface area (Å²) in [6.07, 6.45) is 1.83. The average Bonchev–Trinajstić information content (AvgIpc) is 2.97. The number of methoxy groups -OCH3 is 1. The number of imidazole rings is 1. The van der Waals surface area contributed by atoms with Gasteiger partial charge in [-0.05, 0) is 12.1 Å². The van der Waals surface area contributed by atoms with Gasteiger partial charge in [0.25, 0.3) is 10.0 Å². The van der Waals surface area contributed by atoms with Gasteiger partial charge in [0.1, 0.15) is 23.3 Å². The number of aryl methyl sites for hydroxylation is 1. The Morgan fingerprint density at radius 3 is 2.81 bits per heavy atom. The van der Waals surface area contributed by atoms with Crippen LogP contribution in [0.25, 0.3) is 0 Å². The van der Waals surface area contributed by atoms with Crippen LogP contribution >= 0.6 is 0 Å². The molecule has 0 aliphatic heterocycles. The quantitative estimate of drug-likeness (QED) is 0.873. The summed E-state index contributed by atoms with van der Waals surface area (Å²) in [5.74, 6) is 0.837. The summed E-state index contributed by atoms with van der Waals surface area (Å²) >= 11 is 0. The van der Waals surface area contributed by atoms with E-state index in [4.69, 9.17) is 10.00 Å². The Labute approximate surface area is 122 Å². The molecule has 0 aliphatic carbocycles. The Balaban J connectivity index is 2.44. The molecular formula is C13H14N4O3S. The zero-order chi connectivity index (χ0) is 15.5. The summed E-state index contributed by atoms with van der Waals surface area (Å²) < 4.78 is 32.1. The van der Waals surface area contributed by atoms with E-state index in [0.717, 1.165) is 0 Å². The molecule has 21 heavy (non-hydrogen) atoms. The van der Waals surface area contributed by atoms with E-state index in [9.17, 15) is 8.42 Å². The normalized spacial score (nSPS) is 10.9. The second kappa shape index (κ2) is 5.85. The van der Waals surface area contributed by atoms with Gasteiger partial charge in [0, 0.05) is 6.42 Å². The molecule has 0 bridgehead atoms. The van der Waals surface area contributed by atoms with Gasteiger partial charge in [-0.3, -0.25) is 4.72 Å². The fraction of sp³-hybridized carbons (Fsp3) is 0.231. The zero-order valence-corrected chi connectivity index (χ0v) is 12.4. The molecule has 0 unspecified atom stereocenters. The number of para-hydroxylation sites is 1. The van der Waals surface area contributed by atoms with E-state index in [0.29, 0.717) is 12.2 Å². The minimum Gasteiger partial charge on any atom is -0.495 e. The molecule has 0 atom stereocenters. The van der Waals surface area contributed by atoms with Crippen LogP contribution in [-0.2, 0) is 16.4 Å². The first-order chi connectivity index (χ1) is 10.0. The number of aromatic amines is 1. The minimum atomic E-state index is -3.87. The first-order valence-electron chi connectivity index (χ1n) is 6.15. The Hall–Kier alpha value is -2.53. The molecule has 0 fully saturated rings. The highest BCUT2D eigenvalue weighted by molar-refractivity contribution is 7.92. The lowest BCUT2D eigenvalue weighted by molar-refractivity contribution is 0.416. The van der Waals surface area contributed by atoms with E-state index in [1.165, 1.54) is 19.4 Å². The summed E-state index contributed by atoms with van der Waals surface area (Å²) in [5, 5.41) is 9.03. The number of aromatic nitrogens is 2. The van der Waals surface area contributed by atoms with Crippen LogP contribution in [0, 0.1) is 11.3 Å². The Morgan fingerprint density at radius 1 is 1.48 bits per heavy atom. The molecular weight excluding hydrogens is 292 g/mol. The van der Waals surface area contributed by atoms with Crippen LogP contribution in [0.2, 0.25) is 0 Å². The number of ether oxygens (including phenoxy) is 1. The second-order valence-corrected chi connectivity index (χ2v) is 5.80. The van der Waals surface area contributed by atoms with Crippen LogP contribution in [0.1, 0.15) is 18.3 Å². The van der Waals surface area contributed by atoms with Crippen molar-refractivity contribution in [1.29, 1.82) is 5.26 Å². The van der Waals surface area contributed by atoms with Crippen molar-refractivity contribution < 1.29 is 13.2 Å². The Morgan fingerprint density at radius 2 is 2.24 bits per heavy atom. The van der Waals surface area contributed by atoms with Crippen molar-refractivity contribution in [2.24, 2.45) is 0 Å². The van der Waals surface area contributed by atoms with Crippen LogP contribution < -0.4 is 9.46 Å². The fourth-order valence-electron chi connectivity index (χ4n) is 1.75. The summed E-state index contributed by atoms with van der Waals surface area (Å²) in [7, 11) is -2.46. The second-order valence-electron chi connectivity index (χ2n) is 4.15. The van der Waals surface area contributed by atoms with Crippen LogP contribution in [0.3, 0.4) is 0 Å². The number of benzene rings is 1. The largest absolute Gasteiger partial charge is 0.495 e. The molecule has 0 saturated carbocycles. The van der Waals surface area contributed by atoms with Gasteiger partial charge in [-0.25, -0.2) is 4.98 Å². The van der Waals surface area contributed by atoms with Gasteiger partial charge in [-0.15, -0.1) is 0 Å². The molecule has 0 radical (unpaired) electrons. The molecule has 1 aromatic carbocycles. The van der Waals surface area contributed by atoms with Crippen LogP contribution in [0.5, 0.6) is 5.75 Å². The number of H-pyrrole nitrogens is 1. The standard InChI is InChI=1S/C13H14N4O3S/c1-3-11-15-8-12(16-11)21(18,19)17-13-9(7-14)5-4-6-10(13)20-2/h4-6,8,17H,3H2,1-2H3,(H,15,16). The average molecular weight is 306 g/mol. The van der Waals surface area contributed by atoms with Gasteiger partial charge in [-0.1, -0.05) is 13.0 Å². The van der Waals surface area contributed by atoms with E-state index >= 15 is 0 Å². The summed E-state index contributed by atoms with van der Waals surface area (Å²) in [6.45, 7) is 1.86. The van der Waals surface area contributed by atoms with E-state index in [2.05, 4.69) is 14.7 Å². The molecule has 2 N–H and O–H groups in total. The van der Waals surface area contributed by atoms with E-state index in [1.807, 2.05) is 13.0 Å². The van der Waals surface area contributed by atoms with Gasteiger partial charge in [-0.2, -0.15) is 13.7 Å². The third-order valence-electron chi connectivity index (χ3n) is 2.83. The molecule has 8 heteroatoms. The molecule has 2 aromatic rings. The van der Waals surface area contributed by atoms with E-state index < -0.39 is 10.0 Å². The maximum atomic E-state index is 12.3. The van der Waals surface area contributed by atoms with Crippen LogP contribution in [0.15, 0.2) is 29.4 Å². The fourth-order valence-corrected chi connectivity index (χ4v) is 2.78. The van der Waals surface area contributed by atoms with Crippen LogP contribution in [-0.4, -0.2) is 25.5 Å². The molecule has 0 spiro atoms. The molecule has 1 aromatic heterocycles. The molecule has 0 aliphatic rings. The highest BCUT2D eigenvalue weighted by Gasteiger charge is 2.21. The number of anilines is 1. The Bertz CT molecular complexity index is 790. The first kappa shape index (κ1) is 14.9. The Kier molecular flexibility index (Phi) is 4.14. The lowest BCUT2D eigenvalue weighted by Gasteiger charge is -2.12. The number of nitriles is 1. The minimum absolute atomic E-state index is 0.0610. The first-order valence-corrected chi connectivity index (χ1v) is 7.64. The number of rotatable bonds is 5. The maximum Gasteiger partial charge on any atom is 0.279 e. The number of nitrogens with one attached hydrogen (secondary N) is 2. The van der Waals surface area contributed by atoms with Crippen molar-refractivity contribution in [3.05, 3.63) is 35.8 Å². The summed E-state index contributed by atoms with van der Waals surface area (Å²) in [4.78, 5) is 6.67. The number of hydrogen-bond donors (Lipinski definition) is 2. The van der Waals surface area contributed by atoms with E-state index in [1.54, 1.807) is 12.1 Å². The van der Waals surface area contributed by atoms with Gasteiger partial charge in [0.15, 0.2) is 5.03 Å². The molecule has 2 rings (SSSR count). The third-order valence-corrected chi connectivity index (χ3v) is 4.09. The van der Waals surface area contributed by atoms with Crippen molar-refractivity contribution >= 4 is 15.7 Å². The smallest absolute Gasteiger partial charge is 0.279 e. The molecule has 110 valence electrons. The van der Waals surface area contributed by atoms with Gasteiger partial charge >= 0.3 is 0 Å². The molecule has 7 nitrogen and oxygen atoms in total. The highest BCUT2D eigenvalue weighted by Crippen LogP contribution is 2.29. The number of sulfonamides is 1. The van der Waals surface area contributed by atoms with Gasteiger partial charge < -0.3 is 9.72 Å². The van der Waals surface area contributed by atoms with Crippen molar-refractivity contribution in [2.75, 3.05) is 11.8 Å². The number of nitrogens with zero attached hydrogens (tertiary/aromatic N) is 2. The zero-order valence-electron chi connectivity index (χ0n) is 11.5. The van der Waals surface area contributed by atoms with Gasteiger partial charge in [0.05, 0.1) is 18.9 Å². The van der Waals surface area contributed by atoms with Gasteiger partial charge in [0.2, 0.25) is 0 Å². The lowest BCUT2D eigenvalue weighted by Crippen LogP contribution is -2.15. The maximum absolute atomic E-state index is 12.3. The lowest BCUT2D eigenvalue weighted by atomic mass is 10.2. The molecule has 0 amide bonds. The van der Waals surface area contributed by atoms with Crippen molar-refractivity contribution in [3.8, 4) is 11.8 Å². The predicted molar refractivity (Wildman–Crippen MR) is 76.5 cm³/mol. The third kappa shape index (κ3) is 2.98. The summed E-state index contributed by atoms with van der Waals surface area (Å²) in [6, 6.07) is 6.62. The number of hydrogen-bond acceptors (Lipinski definition) is 5. The highest BCUT2D eigenvalue weighted by atomic mass is 32.2. The predicted octanol–water partition coefficient (Wildman–Crippen LogP) is 1.65. The SMILES string of the molecule is CCc1ncc(S(=O)(=O)Nc2c(C#N)cccc2OC)[nH]1. The summed E-state index contributed by atoms with van der Waals surface area (Å²) in [5.41, 5.74) is 0.281. The molecule has 1 heterocycles. The topological polar surface area (TPSA) is 108 Å². The van der Waals surface area contributed by atoms with E-state index in [-0.39, 0.29) is 22.0 Å². The van der Waals surface area contributed by atoms with Crippen LogP contribution in [0.4, 0.5) is 5.69 Å². The van der Waals surface area contributed by atoms with Crippen molar-refractivity contribution in [2.45, 2.75) is 18.4 Å². The van der Waals surface area contributed by atoms with Crippen molar-refractivity contribution in [3.63, 3.8) is 0 Å². The monoisotopic (exact) mass is 306 g/mol. The molecule has 0 saturated heterocycles. The van der Waals surface area contributed by atoms with Crippen molar-refractivity contribution in [1.82, 2.24) is 9.97 Å².